The maximum absolute atomic E-state index is 5.94. The molecule has 8 nitrogen and oxygen atoms in total. The Morgan fingerprint density at radius 1 is 1.07 bits per heavy atom. The third kappa shape index (κ3) is 2.74. The van der Waals surface area contributed by atoms with Crippen molar-refractivity contribution in [2.24, 2.45) is 0 Å². The van der Waals surface area contributed by atoms with E-state index in [9.17, 15) is 0 Å². The Kier molecular flexibility index (Phi) is 3.64. The van der Waals surface area contributed by atoms with E-state index in [2.05, 4.69) is 27.2 Å². The number of rotatable bonds is 4. The number of benzene rings is 1. The van der Waals surface area contributed by atoms with Crippen LogP contribution < -0.4 is 0 Å². The van der Waals surface area contributed by atoms with Gasteiger partial charge in [-0.3, -0.25) is 4.68 Å². The first-order valence-electron chi connectivity index (χ1n) is 8.51. The van der Waals surface area contributed by atoms with E-state index < -0.39 is 0 Å². The van der Waals surface area contributed by atoms with Gasteiger partial charge in [0.05, 0.1) is 35.0 Å². The average Bonchev–Trinajstić information content (AvgIpc) is 3.39. The third-order valence-electron chi connectivity index (χ3n) is 4.43. The van der Waals surface area contributed by atoms with Crippen LogP contribution in [-0.4, -0.2) is 39.1 Å². The molecule has 5 rings (SSSR count). The Labute approximate surface area is 159 Å². The predicted octanol–water partition coefficient (Wildman–Crippen LogP) is 3.12. The molecular weight excluding hydrogens is 364 g/mol. The van der Waals surface area contributed by atoms with Crippen LogP contribution in [0.4, 0.5) is 0 Å². The fraction of sp³-hybridized carbons (Fsp3) is 0.167. The molecule has 9 heteroatoms. The molecule has 0 N–H and O–H groups in total. The van der Waals surface area contributed by atoms with E-state index in [0.717, 1.165) is 28.2 Å². The van der Waals surface area contributed by atoms with Gasteiger partial charge in [-0.1, -0.05) is 36.7 Å². The highest BCUT2D eigenvalue weighted by molar-refractivity contribution is 6.30. The molecule has 134 valence electrons. The van der Waals surface area contributed by atoms with Crippen molar-refractivity contribution in [3.8, 4) is 5.69 Å². The number of fused-ring (bicyclic) bond motifs is 3. The molecule has 27 heavy (non-hydrogen) atoms. The Morgan fingerprint density at radius 2 is 1.93 bits per heavy atom. The molecule has 0 aliphatic heterocycles. The number of para-hydroxylation sites is 1. The monoisotopic (exact) mass is 378 g/mol. The molecule has 0 amide bonds. The quantitative estimate of drug-likeness (QED) is 0.480. The molecular formula is C18H15ClN8. The normalized spacial score (nSPS) is 12.8. The second kappa shape index (κ2) is 6.17. The summed E-state index contributed by atoms with van der Waals surface area (Å²) < 4.78 is 5.29. The zero-order valence-corrected chi connectivity index (χ0v) is 15.2. The van der Waals surface area contributed by atoms with E-state index in [0.29, 0.717) is 11.6 Å². The lowest BCUT2D eigenvalue weighted by atomic mass is 10.2. The summed E-state index contributed by atoms with van der Waals surface area (Å²) in [6, 6.07) is 9.90. The van der Waals surface area contributed by atoms with Gasteiger partial charge in [-0.15, -0.1) is 5.10 Å². The highest BCUT2D eigenvalue weighted by Gasteiger charge is 2.17. The standard InChI is InChI=1S/C18H15ClN8/c1-12(9-25-10-13(19)7-21-25)16-23-18-15-8-22-27(14-5-3-2-4-6-14)17(15)20-11-26(18)24-16/h2-8,10-12H,9H2,1H3/t12-/m1/s1. The first-order chi connectivity index (χ1) is 13.2. The summed E-state index contributed by atoms with van der Waals surface area (Å²) in [5.74, 6) is 0.795. The minimum Gasteiger partial charge on any atom is -0.270 e. The lowest BCUT2D eigenvalue weighted by Gasteiger charge is -2.06. The van der Waals surface area contributed by atoms with Crippen molar-refractivity contribution in [1.82, 2.24) is 39.1 Å². The van der Waals surface area contributed by atoms with E-state index >= 15 is 0 Å². The highest BCUT2D eigenvalue weighted by Crippen LogP contribution is 2.22. The first kappa shape index (κ1) is 16.0. The maximum atomic E-state index is 5.94. The Morgan fingerprint density at radius 3 is 2.70 bits per heavy atom. The summed E-state index contributed by atoms with van der Waals surface area (Å²) in [7, 11) is 0. The van der Waals surface area contributed by atoms with E-state index in [1.165, 1.54) is 0 Å². The van der Waals surface area contributed by atoms with Crippen LogP contribution in [0.15, 0.2) is 55.2 Å². The molecule has 5 aromatic rings. The Bertz CT molecular complexity index is 1240. The summed E-state index contributed by atoms with van der Waals surface area (Å²) in [5.41, 5.74) is 2.44. The van der Waals surface area contributed by atoms with Crippen molar-refractivity contribution in [3.05, 3.63) is 66.1 Å². The molecule has 0 radical (unpaired) electrons. The van der Waals surface area contributed by atoms with Gasteiger partial charge in [-0.25, -0.2) is 19.2 Å². The molecule has 4 aromatic heterocycles. The van der Waals surface area contributed by atoms with Crippen LogP contribution >= 0.6 is 11.6 Å². The van der Waals surface area contributed by atoms with Crippen LogP contribution in [0.2, 0.25) is 5.02 Å². The number of nitrogens with zero attached hydrogens (tertiary/aromatic N) is 8. The molecule has 0 fully saturated rings. The largest absolute Gasteiger partial charge is 0.270 e. The topological polar surface area (TPSA) is 78.7 Å². The first-order valence-corrected chi connectivity index (χ1v) is 8.89. The van der Waals surface area contributed by atoms with E-state index in [1.807, 2.05) is 30.3 Å². The number of hydrogen-bond donors (Lipinski definition) is 0. The van der Waals surface area contributed by atoms with E-state index in [4.69, 9.17) is 16.6 Å². The van der Waals surface area contributed by atoms with Gasteiger partial charge in [0.15, 0.2) is 17.1 Å². The van der Waals surface area contributed by atoms with Crippen LogP contribution in [0.1, 0.15) is 18.7 Å². The molecule has 0 saturated carbocycles. The SMILES string of the molecule is C[C@H](Cn1cc(Cl)cn1)c1nc2c3cnn(-c4ccccc4)c3ncn2n1. The van der Waals surface area contributed by atoms with Gasteiger partial charge < -0.3 is 0 Å². The summed E-state index contributed by atoms with van der Waals surface area (Å²) in [6.07, 6.45) is 6.86. The van der Waals surface area contributed by atoms with Crippen LogP contribution in [0.5, 0.6) is 0 Å². The van der Waals surface area contributed by atoms with Crippen molar-refractivity contribution in [1.29, 1.82) is 0 Å². The number of aromatic nitrogens is 8. The molecule has 4 heterocycles. The number of halogens is 1. The smallest absolute Gasteiger partial charge is 0.170 e. The summed E-state index contributed by atoms with van der Waals surface area (Å²) in [6.45, 7) is 2.70. The molecule has 0 unspecified atom stereocenters. The van der Waals surface area contributed by atoms with Crippen molar-refractivity contribution in [2.45, 2.75) is 19.4 Å². The van der Waals surface area contributed by atoms with Crippen molar-refractivity contribution < 1.29 is 0 Å². The molecule has 0 saturated heterocycles. The van der Waals surface area contributed by atoms with Crippen molar-refractivity contribution in [3.63, 3.8) is 0 Å². The predicted molar refractivity (Wildman–Crippen MR) is 101 cm³/mol. The van der Waals surface area contributed by atoms with Gasteiger partial charge in [0, 0.05) is 12.1 Å². The maximum Gasteiger partial charge on any atom is 0.170 e. The molecule has 1 aromatic carbocycles. The lowest BCUT2D eigenvalue weighted by molar-refractivity contribution is 0.524. The Balaban J connectivity index is 1.55. The Hall–Kier alpha value is -3.26. The molecule has 0 aliphatic rings. The fourth-order valence-corrected chi connectivity index (χ4v) is 3.26. The average molecular weight is 379 g/mol. The van der Waals surface area contributed by atoms with Gasteiger partial charge in [0.25, 0.3) is 0 Å². The van der Waals surface area contributed by atoms with Crippen LogP contribution in [0.3, 0.4) is 0 Å². The molecule has 1 atom stereocenters. The molecule has 0 aliphatic carbocycles. The summed E-state index contributed by atoms with van der Waals surface area (Å²) >= 11 is 5.94. The van der Waals surface area contributed by atoms with Crippen LogP contribution in [-0.2, 0) is 6.54 Å². The van der Waals surface area contributed by atoms with Gasteiger partial charge in [-0.2, -0.15) is 10.2 Å². The van der Waals surface area contributed by atoms with E-state index in [1.54, 1.807) is 38.8 Å². The lowest BCUT2D eigenvalue weighted by Crippen LogP contribution is -2.08. The zero-order valence-electron chi connectivity index (χ0n) is 14.4. The number of hydrogen-bond acceptors (Lipinski definition) is 5. The molecule has 0 spiro atoms. The second-order valence-electron chi connectivity index (χ2n) is 6.39. The van der Waals surface area contributed by atoms with Crippen LogP contribution in [0, 0.1) is 0 Å². The molecule has 0 bridgehead atoms. The second-order valence-corrected chi connectivity index (χ2v) is 6.83. The van der Waals surface area contributed by atoms with Crippen molar-refractivity contribution >= 4 is 28.3 Å². The zero-order chi connectivity index (χ0) is 18.4. The fourth-order valence-electron chi connectivity index (χ4n) is 3.10. The summed E-state index contributed by atoms with van der Waals surface area (Å²) in [4.78, 5) is 9.27. The van der Waals surface area contributed by atoms with Gasteiger partial charge in [0.1, 0.15) is 6.33 Å². The highest BCUT2D eigenvalue weighted by atomic mass is 35.5. The summed E-state index contributed by atoms with van der Waals surface area (Å²) in [5, 5.41) is 14.8. The van der Waals surface area contributed by atoms with Gasteiger partial charge >= 0.3 is 0 Å². The third-order valence-corrected chi connectivity index (χ3v) is 4.62. The van der Waals surface area contributed by atoms with Gasteiger partial charge in [0.2, 0.25) is 0 Å². The van der Waals surface area contributed by atoms with Crippen LogP contribution in [0.25, 0.3) is 22.4 Å². The van der Waals surface area contributed by atoms with Crippen molar-refractivity contribution in [2.75, 3.05) is 0 Å². The van der Waals surface area contributed by atoms with Gasteiger partial charge in [-0.05, 0) is 12.1 Å². The van der Waals surface area contributed by atoms with E-state index in [-0.39, 0.29) is 5.92 Å². The minimum atomic E-state index is 0.0695. The minimum absolute atomic E-state index is 0.0695.